The first-order chi connectivity index (χ1) is 9.24. The maximum atomic E-state index is 12.1. The van der Waals surface area contributed by atoms with Gasteiger partial charge in [-0.05, 0) is 25.1 Å². The number of amides is 1. The second-order valence-electron chi connectivity index (χ2n) is 3.98. The molecule has 1 aromatic rings. The van der Waals surface area contributed by atoms with Crippen molar-refractivity contribution in [2.24, 2.45) is 0 Å². The fourth-order valence-corrected chi connectivity index (χ4v) is 1.59. The largest absolute Gasteiger partial charge is 0.487 e. The molecule has 0 aliphatic rings. The van der Waals surface area contributed by atoms with E-state index in [0.717, 1.165) is 0 Å². The van der Waals surface area contributed by atoms with Crippen LogP contribution in [0.1, 0.15) is 6.92 Å². The van der Waals surface area contributed by atoms with E-state index in [1.54, 1.807) is 12.2 Å². The highest BCUT2D eigenvalue weighted by Gasteiger charge is 2.38. The number of ether oxygens (including phenoxy) is 2. The number of methoxy groups -OCH3 is 1. The van der Waals surface area contributed by atoms with E-state index in [2.05, 4.69) is 0 Å². The number of nitrogens with one attached hydrogen (secondary N) is 1. The van der Waals surface area contributed by atoms with Crippen molar-refractivity contribution in [2.75, 3.05) is 19.0 Å². The molecule has 0 aliphatic carbocycles. The van der Waals surface area contributed by atoms with Gasteiger partial charge in [-0.1, -0.05) is 11.6 Å². The summed E-state index contributed by atoms with van der Waals surface area (Å²) in [7, 11) is 1.51. The van der Waals surface area contributed by atoms with E-state index in [9.17, 15) is 18.0 Å². The Morgan fingerprint density at radius 2 is 2.10 bits per heavy atom. The minimum absolute atomic E-state index is 0.0657. The first-order valence-corrected chi connectivity index (χ1v) is 5.95. The number of alkyl halides is 3. The van der Waals surface area contributed by atoms with Gasteiger partial charge in [-0.3, -0.25) is 4.79 Å². The predicted octanol–water partition coefficient (Wildman–Crippen LogP) is 3.25. The fourth-order valence-electron chi connectivity index (χ4n) is 1.36. The van der Waals surface area contributed by atoms with Gasteiger partial charge in [-0.25, -0.2) is 0 Å². The molecule has 0 unspecified atom stereocenters. The van der Waals surface area contributed by atoms with Crippen molar-refractivity contribution in [3.8, 4) is 5.75 Å². The highest BCUT2D eigenvalue weighted by Crippen LogP contribution is 2.29. The minimum atomic E-state index is -4.95. The first kappa shape index (κ1) is 16.6. The third-order valence-electron chi connectivity index (χ3n) is 2.18. The van der Waals surface area contributed by atoms with Crippen LogP contribution in [-0.2, 0) is 9.53 Å². The van der Waals surface area contributed by atoms with Crippen LogP contribution < -0.4 is 10.1 Å². The van der Waals surface area contributed by atoms with Gasteiger partial charge in [-0.15, -0.1) is 0 Å². The Morgan fingerprint density at radius 3 is 2.60 bits per heavy atom. The number of hydrogen-bond donors (Lipinski definition) is 1. The maximum absolute atomic E-state index is 12.1. The van der Waals surface area contributed by atoms with Crippen molar-refractivity contribution in [1.82, 2.24) is 0 Å². The van der Waals surface area contributed by atoms with Gasteiger partial charge in [0.2, 0.25) is 0 Å². The zero-order chi connectivity index (χ0) is 15.3. The predicted molar refractivity (Wildman–Crippen MR) is 68.1 cm³/mol. The normalized spacial score (nSPS) is 12.9. The second kappa shape index (κ2) is 6.81. The standard InChI is InChI=1S/C12H13ClF3NO3/c1-7(6-19-2)20-10-4-3-8(5-9(10)13)17-11(18)12(14,15)16/h3-5,7H,6H2,1-2H3,(H,17,18)/t7-/m0/s1. The lowest BCUT2D eigenvalue weighted by atomic mass is 10.3. The fraction of sp³-hybridized carbons (Fsp3) is 0.417. The lowest BCUT2D eigenvalue weighted by Crippen LogP contribution is -2.29. The van der Waals surface area contributed by atoms with Gasteiger partial charge in [0.1, 0.15) is 11.9 Å². The van der Waals surface area contributed by atoms with Crippen LogP contribution in [0, 0.1) is 0 Å². The van der Waals surface area contributed by atoms with Crippen LogP contribution in [0.3, 0.4) is 0 Å². The summed E-state index contributed by atoms with van der Waals surface area (Å²) in [4.78, 5) is 10.8. The summed E-state index contributed by atoms with van der Waals surface area (Å²) in [6, 6.07) is 3.82. The molecule has 8 heteroatoms. The molecule has 0 saturated heterocycles. The molecular weight excluding hydrogens is 299 g/mol. The quantitative estimate of drug-likeness (QED) is 0.908. The van der Waals surface area contributed by atoms with Gasteiger partial charge in [0.05, 0.1) is 11.6 Å². The van der Waals surface area contributed by atoms with E-state index < -0.39 is 12.1 Å². The molecule has 0 heterocycles. The topological polar surface area (TPSA) is 47.6 Å². The Bertz CT molecular complexity index is 480. The maximum Gasteiger partial charge on any atom is 0.471 e. The van der Waals surface area contributed by atoms with Crippen molar-refractivity contribution < 1.29 is 27.4 Å². The molecule has 4 nitrogen and oxygen atoms in total. The van der Waals surface area contributed by atoms with Gasteiger partial charge in [0.25, 0.3) is 0 Å². The summed E-state index contributed by atoms with van der Waals surface area (Å²) < 4.78 is 46.6. The van der Waals surface area contributed by atoms with Crippen molar-refractivity contribution in [3.05, 3.63) is 23.2 Å². The van der Waals surface area contributed by atoms with Crippen LogP contribution in [0.2, 0.25) is 5.02 Å². The number of rotatable bonds is 5. The molecule has 112 valence electrons. The Kier molecular flexibility index (Phi) is 5.64. The number of carbonyl (C=O) groups excluding carboxylic acids is 1. The Morgan fingerprint density at radius 1 is 1.45 bits per heavy atom. The van der Waals surface area contributed by atoms with E-state index in [1.165, 1.54) is 25.3 Å². The molecule has 0 aliphatic heterocycles. The highest BCUT2D eigenvalue weighted by atomic mass is 35.5. The third-order valence-corrected chi connectivity index (χ3v) is 2.47. The summed E-state index contributed by atoms with van der Waals surface area (Å²) in [5.41, 5.74) is -0.0657. The van der Waals surface area contributed by atoms with E-state index >= 15 is 0 Å². The number of benzene rings is 1. The molecule has 0 radical (unpaired) electrons. The van der Waals surface area contributed by atoms with Crippen LogP contribution >= 0.6 is 11.6 Å². The monoisotopic (exact) mass is 311 g/mol. The van der Waals surface area contributed by atoms with E-state index in [4.69, 9.17) is 21.1 Å². The van der Waals surface area contributed by atoms with Crippen molar-refractivity contribution >= 4 is 23.2 Å². The molecule has 0 bridgehead atoms. The molecule has 1 aromatic carbocycles. The molecule has 1 amide bonds. The number of carbonyl (C=O) groups is 1. The summed E-state index contributed by atoms with van der Waals surface area (Å²) in [6.45, 7) is 2.09. The van der Waals surface area contributed by atoms with Gasteiger partial charge >= 0.3 is 12.1 Å². The van der Waals surface area contributed by atoms with E-state index in [-0.39, 0.29) is 16.8 Å². The molecule has 0 aromatic heterocycles. The molecule has 0 saturated carbocycles. The Labute approximate surface area is 118 Å². The summed E-state index contributed by atoms with van der Waals surface area (Å²) >= 11 is 5.87. The zero-order valence-corrected chi connectivity index (χ0v) is 11.5. The van der Waals surface area contributed by atoms with Crippen LogP contribution in [0.4, 0.5) is 18.9 Å². The number of halogens is 4. The average Bonchev–Trinajstić information content (AvgIpc) is 2.31. The smallest absolute Gasteiger partial charge is 0.471 e. The lowest BCUT2D eigenvalue weighted by molar-refractivity contribution is -0.167. The Hall–Kier alpha value is -1.47. The van der Waals surface area contributed by atoms with Crippen molar-refractivity contribution in [1.29, 1.82) is 0 Å². The molecule has 0 spiro atoms. The van der Waals surface area contributed by atoms with Crippen LogP contribution in [0.25, 0.3) is 0 Å². The van der Waals surface area contributed by atoms with Gasteiger partial charge in [0.15, 0.2) is 0 Å². The number of hydrogen-bond acceptors (Lipinski definition) is 3. The van der Waals surface area contributed by atoms with Gasteiger partial charge < -0.3 is 14.8 Å². The summed E-state index contributed by atoms with van der Waals surface area (Å²) in [5.74, 6) is -1.77. The first-order valence-electron chi connectivity index (χ1n) is 5.57. The van der Waals surface area contributed by atoms with Crippen molar-refractivity contribution in [2.45, 2.75) is 19.2 Å². The third kappa shape index (κ3) is 4.90. The van der Waals surface area contributed by atoms with Gasteiger partial charge in [0, 0.05) is 12.8 Å². The average molecular weight is 312 g/mol. The summed E-state index contributed by atoms with van der Waals surface area (Å²) in [6.07, 6.45) is -5.22. The molecule has 20 heavy (non-hydrogen) atoms. The van der Waals surface area contributed by atoms with Crippen molar-refractivity contribution in [3.63, 3.8) is 0 Å². The van der Waals surface area contributed by atoms with Gasteiger partial charge in [-0.2, -0.15) is 13.2 Å². The second-order valence-corrected chi connectivity index (χ2v) is 4.39. The molecule has 0 fully saturated rings. The minimum Gasteiger partial charge on any atom is -0.487 e. The zero-order valence-electron chi connectivity index (χ0n) is 10.8. The van der Waals surface area contributed by atoms with Crippen LogP contribution in [-0.4, -0.2) is 31.9 Å². The highest BCUT2D eigenvalue weighted by molar-refractivity contribution is 6.32. The molecule has 1 atom stereocenters. The van der Waals surface area contributed by atoms with E-state index in [0.29, 0.717) is 12.4 Å². The number of anilines is 1. The SMILES string of the molecule is COC[C@H](C)Oc1ccc(NC(=O)C(F)(F)F)cc1Cl. The van der Waals surface area contributed by atoms with Crippen LogP contribution in [0.5, 0.6) is 5.75 Å². The lowest BCUT2D eigenvalue weighted by Gasteiger charge is -2.15. The van der Waals surface area contributed by atoms with Crippen LogP contribution in [0.15, 0.2) is 18.2 Å². The molecular formula is C12H13ClF3NO3. The van der Waals surface area contributed by atoms with E-state index in [1.807, 2.05) is 0 Å². The Balaban J connectivity index is 2.75. The summed E-state index contributed by atoms with van der Waals surface area (Å²) in [5, 5.41) is 1.79. The molecule has 1 N–H and O–H groups in total. The molecule has 1 rings (SSSR count).